The van der Waals surface area contributed by atoms with Crippen molar-refractivity contribution in [2.45, 2.75) is 20.4 Å². The van der Waals surface area contributed by atoms with E-state index >= 15 is 0 Å². The minimum Gasteiger partial charge on any atom is -0.338 e. The van der Waals surface area contributed by atoms with E-state index in [0.717, 1.165) is 5.56 Å². The normalized spacial score (nSPS) is 9.57. The highest BCUT2D eigenvalue weighted by atomic mass is 16.2. The van der Waals surface area contributed by atoms with E-state index in [1.54, 1.807) is 0 Å². The van der Waals surface area contributed by atoms with Crippen molar-refractivity contribution in [1.29, 1.82) is 0 Å². The maximum absolute atomic E-state index is 11.1. The van der Waals surface area contributed by atoms with Crippen LogP contribution in [0.1, 0.15) is 18.1 Å². The van der Waals surface area contributed by atoms with E-state index in [2.05, 4.69) is 10.6 Å². The van der Waals surface area contributed by atoms with Crippen LogP contribution in [-0.2, 0) is 6.54 Å². The van der Waals surface area contributed by atoms with Gasteiger partial charge in [0, 0.05) is 13.1 Å². The molecule has 2 amide bonds. The Morgan fingerprint density at radius 1 is 1.29 bits per heavy atom. The Kier molecular flexibility index (Phi) is 3.98. The number of hydrogen-bond acceptors (Lipinski definition) is 1. The molecule has 0 radical (unpaired) electrons. The van der Waals surface area contributed by atoms with Crippen LogP contribution in [0, 0.1) is 6.92 Å². The van der Waals surface area contributed by atoms with Crippen LogP contribution < -0.4 is 10.6 Å². The molecule has 76 valence electrons. The van der Waals surface area contributed by atoms with Gasteiger partial charge in [0.25, 0.3) is 0 Å². The molecule has 0 saturated heterocycles. The number of amides is 2. The van der Waals surface area contributed by atoms with Gasteiger partial charge in [0.15, 0.2) is 0 Å². The summed E-state index contributed by atoms with van der Waals surface area (Å²) in [5, 5.41) is 5.48. The van der Waals surface area contributed by atoms with Gasteiger partial charge in [0.1, 0.15) is 0 Å². The van der Waals surface area contributed by atoms with Crippen LogP contribution in [0.25, 0.3) is 0 Å². The van der Waals surface area contributed by atoms with Crippen LogP contribution >= 0.6 is 0 Å². The molecule has 14 heavy (non-hydrogen) atoms. The summed E-state index contributed by atoms with van der Waals surface area (Å²) >= 11 is 0. The quantitative estimate of drug-likeness (QED) is 0.753. The van der Waals surface area contributed by atoms with Crippen LogP contribution in [0.5, 0.6) is 0 Å². The van der Waals surface area contributed by atoms with Gasteiger partial charge >= 0.3 is 6.03 Å². The summed E-state index contributed by atoms with van der Waals surface area (Å²) in [4.78, 5) is 11.1. The van der Waals surface area contributed by atoms with Gasteiger partial charge in [-0.3, -0.25) is 0 Å². The molecule has 1 rings (SSSR count). The summed E-state index contributed by atoms with van der Waals surface area (Å²) in [5.41, 5.74) is 2.35. The lowest BCUT2D eigenvalue weighted by molar-refractivity contribution is 0.241. The third kappa shape index (κ3) is 3.09. The lowest BCUT2D eigenvalue weighted by atomic mass is 10.1. The molecular weight excluding hydrogens is 176 g/mol. The van der Waals surface area contributed by atoms with Gasteiger partial charge in [0.2, 0.25) is 0 Å². The monoisotopic (exact) mass is 192 g/mol. The highest BCUT2D eigenvalue weighted by Gasteiger charge is 1.99. The van der Waals surface area contributed by atoms with Gasteiger partial charge in [-0.2, -0.15) is 0 Å². The van der Waals surface area contributed by atoms with Crippen LogP contribution in [0.4, 0.5) is 4.79 Å². The third-order valence-electron chi connectivity index (χ3n) is 2.04. The van der Waals surface area contributed by atoms with E-state index in [-0.39, 0.29) is 6.03 Å². The highest BCUT2D eigenvalue weighted by molar-refractivity contribution is 5.73. The predicted molar refractivity (Wildman–Crippen MR) is 57.1 cm³/mol. The first-order chi connectivity index (χ1) is 6.74. The summed E-state index contributed by atoms with van der Waals surface area (Å²) < 4.78 is 0. The molecule has 0 aromatic heterocycles. The Morgan fingerprint density at radius 3 is 2.64 bits per heavy atom. The average molecular weight is 192 g/mol. The van der Waals surface area contributed by atoms with Crippen LogP contribution in [-0.4, -0.2) is 12.6 Å². The van der Waals surface area contributed by atoms with Gasteiger partial charge < -0.3 is 10.6 Å². The Bertz CT molecular complexity index is 310. The Labute approximate surface area is 84.5 Å². The lowest BCUT2D eigenvalue weighted by Crippen LogP contribution is -2.34. The molecule has 2 N–H and O–H groups in total. The fourth-order valence-electron chi connectivity index (χ4n) is 1.21. The minimum absolute atomic E-state index is 0.115. The Balaban J connectivity index is 2.46. The van der Waals surface area contributed by atoms with E-state index in [1.807, 2.05) is 38.1 Å². The molecule has 0 atom stereocenters. The van der Waals surface area contributed by atoms with E-state index in [4.69, 9.17) is 0 Å². The topological polar surface area (TPSA) is 41.1 Å². The van der Waals surface area contributed by atoms with Crippen LogP contribution in [0.15, 0.2) is 24.3 Å². The van der Waals surface area contributed by atoms with E-state index in [0.29, 0.717) is 13.1 Å². The number of benzene rings is 1. The van der Waals surface area contributed by atoms with Gasteiger partial charge in [-0.15, -0.1) is 0 Å². The SMILES string of the molecule is CCNC(=O)NCc1ccccc1C. The molecule has 0 aliphatic heterocycles. The molecule has 0 fully saturated rings. The second kappa shape index (κ2) is 5.27. The number of rotatable bonds is 3. The zero-order valence-electron chi connectivity index (χ0n) is 8.63. The van der Waals surface area contributed by atoms with Gasteiger partial charge in [0.05, 0.1) is 0 Å². The number of nitrogens with one attached hydrogen (secondary N) is 2. The highest BCUT2D eigenvalue weighted by Crippen LogP contribution is 2.05. The molecule has 0 aliphatic carbocycles. The molecule has 3 heteroatoms. The molecule has 1 aromatic rings. The summed E-state index contributed by atoms with van der Waals surface area (Å²) in [6.45, 7) is 5.17. The zero-order valence-corrected chi connectivity index (χ0v) is 8.63. The summed E-state index contributed by atoms with van der Waals surface area (Å²) in [6, 6.07) is 7.90. The number of carbonyl (C=O) groups excluding carboxylic acids is 1. The standard InChI is InChI=1S/C11H16N2O/c1-3-12-11(14)13-8-10-7-5-4-6-9(10)2/h4-7H,3,8H2,1-2H3,(H2,12,13,14). The molecule has 1 aromatic carbocycles. The number of aryl methyl sites for hydroxylation is 1. The average Bonchev–Trinajstić information content (AvgIpc) is 2.17. The Hall–Kier alpha value is -1.51. The van der Waals surface area contributed by atoms with E-state index in [1.165, 1.54) is 5.56 Å². The first-order valence-corrected chi connectivity index (χ1v) is 4.80. The maximum atomic E-state index is 11.1. The van der Waals surface area contributed by atoms with Crippen molar-refractivity contribution in [2.24, 2.45) is 0 Å². The smallest absolute Gasteiger partial charge is 0.315 e. The predicted octanol–water partition coefficient (Wildman–Crippen LogP) is 1.81. The maximum Gasteiger partial charge on any atom is 0.315 e. The van der Waals surface area contributed by atoms with Gasteiger partial charge in [-0.1, -0.05) is 24.3 Å². The second-order valence-electron chi connectivity index (χ2n) is 3.14. The van der Waals surface area contributed by atoms with Crippen molar-refractivity contribution in [2.75, 3.05) is 6.54 Å². The first kappa shape index (κ1) is 10.6. The third-order valence-corrected chi connectivity index (χ3v) is 2.04. The van der Waals surface area contributed by atoms with Crippen molar-refractivity contribution in [3.05, 3.63) is 35.4 Å². The molecule has 0 spiro atoms. The van der Waals surface area contributed by atoms with Crippen LogP contribution in [0.3, 0.4) is 0 Å². The fourth-order valence-corrected chi connectivity index (χ4v) is 1.21. The van der Waals surface area contributed by atoms with Crippen molar-refractivity contribution >= 4 is 6.03 Å². The number of carbonyl (C=O) groups is 1. The van der Waals surface area contributed by atoms with Crippen molar-refractivity contribution in [3.63, 3.8) is 0 Å². The summed E-state index contributed by atoms with van der Waals surface area (Å²) in [5.74, 6) is 0. The molecule has 0 saturated carbocycles. The lowest BCUT2D eigenvalue weighted by Gasteiger charge is -2.07. The molecule has 0 bridgehead atoms. The molecular formula is C11H16N2O. The van der Waals surface area contributed by atoms with Crippen molar-refractivity contribution in [1.82, 2.24) is 10.6 Å². The van der Waals surface area contributed by atoms with Crippen molar-refractivity contribution in [3.8, 4) is 0 Å². The van der Waals surface area contributed by atoms with Gasteiger partial charge in [-0.05, 0) is 25.0 Å². The largest absolute Gasteiger partial charge is 0.338 e. The van der Waals surface area contributed by atoms with E-state index in [9.17, 15) is 4.79 Å². The Morgan fingerprint density at radius 2 is 2.00 bits per heavy atom. The van der Waals surface area contributed by atoms with Gasteiger partial charge in [-0.25, -0.2) is 4.79 Å². The number of hydrogen-bond donors (Lipinski definition) is 2. The summed E-state index contributed by atoms with van der Waals surface area (Å²) in [7, 11) is 0. The number of urea groups is 1. The molecule has 0 heterocycles. The van der Waals surface area contributed by atoms with E-state index < -0.39 is 0 Å². The van der Waals surface area contributed by atoms with Crippen molar-refractivity contribution < 1.29 is 4.79 Å². The molecule has 3 nitrogen and oxygen atoms in total. The second-order valence-corrected chi connectivity index (χ2v) is 3.14. The molecule has 0 unspecified atom stereocenters. The molecule has 0 aliphatic rings. The minimum atomic E-state index is -0.115. The first-order valence-electron chi connectivity index (χ1n) is 4.80. The summed E-state index contributed by atoms with van der Waals surface area (Å²) in [6.07, 6.45) is 0. The fraction of sp³-hybridized carbons (Fsp3) is 0.364. The zero-order chi connectivity index (χ0) is 10.4. The van der Waals surface area contributed by atoms with Crippen LogP contribution in [0.2, 0.25) is 0 Å².